The minimum atomic E-state index is -0.619. The number of amides is 1. The fourth-order valence-corrected chi connectivity index (χ4v) is 2.18. The summed E-state index contributed by atoms with van der Waals surface area (Å²) in [5.74, 6) is -0.219. The van der Waals surface area contributed by atoms with Crippen molar-refractivity contribution >= 4 is 17.7 Å². The average Bonchev–Trinajstić information content (AvgIpc) is 3.10. The first-order valence-corrected chi connectivity index (χ1v) is 7.77. The highest BCUT2D eigenvalue weighted by molar-refractivity contribution is 5.84. The third-order valence-corrected chi connectivity index (χ3v) is 3.40. The number of hydrogen-bond acceptors (Lipinski definition) is 6. The Bertz CT molecular complexity index is 736. The van der Waals surface area contributed by atoms with E-state index in [1.807, 2.05) is 0 Å². The lowest BCUT2D eigenvalue weighted by Crippen LogP contribution is -2.15. The molecule has 0 fully saturated rings. The number of anilines is 1. The molecule has 1 amide bonds. The molecule has 2 rings (SSSR count). The van der Waals surface area contributed by atoms with Crippen molar-refractivity contribution in [1.82, 2.24) is 4.98 Å². The molecule has 0 saturated carbocycles. The molecule has 0 aliphatic rings. The van der Waals surface area contributed by atoms with Gasteiger partial charge in [0.15, 0.2) is 5.76 Å². The number of esters is 1. The van der Waals surface area contributed by atoms with Gasteiger partial charge in [0.25, 0.3) is 0 Å². The van der Waals surface area contributed by atoms with E-state index in [0.717, 1.165) is 5.56 Å². The van der Waals surface area contributed by atoms with E-state index < -0.39 is 18.0 Å². The molecule has 7 nitrogen and oxygen atoms in total. The Labute approximate surface area is 145 Å². The fourth-order valence-electron chi connectivity index (χ4n) is 2.18. The molecule has 1 aromatic carbocycles. The predicted octanol–water partition coefficient (Wildman–Crippen LogP) is 3.74. The Morgan fingerprint density at radius 1 is 1.36 bits per heavy atom. The second-order valence-corrected chi connectivity index (χ2v) is 5.09. The van der Waals surface area contributed by atoms with Gasteiger partial charge in [-0.2, -0.15) is 0 Å². The zero-order valence-corrected chi connectivity index (χ0v) is 14.2. The van der Waals surface area contributed by atoms with Gasteiger partial charge in [-0.1, -0.05) is 6.08 Å². The molecule has 0 bridgehead atoms. The number of hydrogen-bond donors (Lipinski definition) is 1. The van der Waals surface area contributed by atoms with Crippen molar-refractivity contribution < 1.29 is 23.5 Å². The number of rotatable bonds is 7. The summed E-state index contributed by atoms with van der Waals surface area (Å²) >= 11 is 0. The minimum Gasteiger partial charge on any atom is -0.465 e. The molecule has 1 unspecified atom stereocenters. The first-order valence-electron chi connectivity index (χ1n) is 7.77. The summed E-state index contributed by atoms with van der Waals surface area (Å²) in [4.78, 5) is 27.4. The molecule has 7 heteroatoms. The molecule has 1 aromatic heterocycles. The molecular formula is C18H20N2O5. The summed E-state index contributed by atoms with van der Waals surface area (Å²) in [6, 6.07) is 6.95. The van der Waals surface area contributed by atoms with Crippen LogP contribution in [-0.4, -0.2) is 30.8 Å². The number of benzene rings is 1. The summed E-state index contributed by atoms with van der Waals surface area (Å²) < 4.78 is 15.3. The average molecular weight is 344 g/mol. The maximum atomic E-state index is 12.0. The highest BCUT2D eigenvalue weighted by Crippen LogP contribution is 2.27. The van der Waals surface area contributed by atoms with E-state index in [2.05, 4.69) is 21.6 Å². The van der Waals surface area contributed by atoms with Gasteiger partial charge < -0.3 is 13.9 Å². The Balaban J connectivity index is 2.17. The van der Waals surface area contributed by atoms with E-state index >= 15 is 0 Å². The molecule has 0 aliphatic carbocycles. The maximum Gasteiger partial charge on any atom is 0.411 e. The van der Waals surface area contributed by atoms with Crippen LogP contribution in [0.1, 0.15) is 25.2 Å². The lowest BCUT2D eigenvalue weighted by Gasteiger charge is -2.09. The number of allylic oxidation sites excluding steroid dienone is 1. The first-order chi connectivity index (χ1) is 12.1. The second kappa shape index (κ2) is 8.68. The lowest BCUT2D eigenvalue weighted by molar-refractivity contribution is -0.145. The molecular weight excluding hydrogens is 324 g/mol. The van der Waals surface area contributed by atoms with Gasteiger partial charge in [0.2, 0.25) is 5.89 Å². The fraction of sp³-hybridized carbons (Fsp3) is 0.278. The molecule has 1 N–H and O–H groups in total. The smallest absolute Gasteiger partial charge is 0.411 e. The van der Waals surface area contributed by atoms with Gasteiger partial charge in [0.05, 0.1) is 19.9 Å². The van der Waals surface area contributed by atoms with Crippen molar-refractivity contribution in [3.63, 3.8) is 0 Å². The highest BCUT2D eigenvalue weighted by Gasteiger charge is 2.26. The van der Waals surface area contributed by atoms with Crippen molar-refractivity contribution in [2.45, 2.75) is 19.3 Å². The molecule has 1 heterocycles. The number of oxazole rings is 1. The normalized spacial score (nSPS) is 11.4. The summed E-state index contributed by atoms with van der Waals surface area (Å²) in [7, 11) is 1.29. The van der Waals surface area contributed by atoms with Gasteiger partial charge >= 0.3 is 12.1 Å². The van der Waals surface area contributed by atoms with Crippen LogP contribution in [0.25, 0.3) is 11.3 Å². The van der Waals surface area contributed by atoms with Crippen molar-refractivity contribution in [2.75, 3.05) is 19.0 Å². The molecule has 0 spiro atoms. The Kier molecular flexibility index (Phi) is 6.33. The zero-order chi connectivity index (χ0) is 18.2. The Morgan fingerprint density at radius 3 is 2.68 bits per heavy atom. The van der Waals surface area contributed by atoms with Crippen molar-refractivity contribution in [3.8, 4) is 11.3 Å². The van der Waals surface area contributed by atoms with Gasteiger partial charge in [0, 0.05) is 11.3 Å². The van der Waals surface area contributed by atoms with Crippen LogP contribution in [0, 0.1) is 0 Å². The molecule has 2 aromatic rings. The van der Waals surface area contributed by atoms with Crippen LogP contribution >= 0.6 is 0 Å². The van der Waals surface area contributed by atoms with Crippen LogP contribution in [0.15, 0.2) is 47.5 Å². The lowest BCUT2D eigenvalue weighted by atomic mass is 10.1. The van der Waals surface area contributed by atoms with E-state index in [1.165, 1.54) is 7.11 Å². The van der Waals surface area contributed by atoms with Gasteiger partial charge in [-0.3, -0.25) is 10.1 Å². The third-order valence-electron chi connectivity index (χ3n) is 3.40. The summed E-state index contributed by atoms with van der Waals surface area (Å²) in [5.41, 5.74) is 1.35. The quantitative estimate of drug-likeness (QED) is 0.608. The molecule has 0 saturated heterocycles. The second-order valence-electron chi connectivity index (χ2n) is 5.09. The van der Waals surface area contributed by atoms with Crippen molar-refractivity contribution in [3.05, 3.63) is 49.0 Å². The van der Waals surface area contributed by atoms with Gasteiger partial charge in [-0.15, -0.1) is 6.58 Å². The Hall–Kier alpha value is -3.09. The number of nitrogens with zero attached hydrogens (tertiary/aromatic N) is 1. The first kappa shape index (κ1) is 18.3. The van der Waals surface area contributed by atoms with Crippen LogP contribution < -0.4 is 5.32 Å². The summed E-state index contributed by atoms with van der Waals surface area (Å²) in [5, 5.41) is 2.56. The summed E-state index contributed by atoms with van der Waals surface area (Å²) in [6.45, 7) is 5.68. The summed E-state index contributed by atoms with van der Waals surface area (Å²) in [6.07, 6.45) is 3.00. The van der Waals surface area contributed by atoms with Crippen LogP contribution in [0.5, 0.6) is 0 Å². The number of nitrogens with one attached hydrogen (secondary N) is 1. The van der Waals surface area contributed by atoms with E-state index in [9.17, 15) is 9.59 Å². The van der Waals surface area contributed by atoms with E-state index in [0.29, 0.717) is 17.9 Å². The Morgan fingerprint density at radius 2 is 2.08 bits per heavy atom. The van der Waals surface area contributed by atoms with Gasteiger partial charge in [-0.05, 0) is 37.6 Å². The standard InChI is InChI=1S/C18H20N2O5/c1-4-6-14(17(21)24-5-2)16-19-11-15(25-16)12-7-9-13(10-8-12)20-18(22)23-3/h4,7-11,14H,1,5-6H2,2-3H3,(H,20,22). The van der Waals surface area contributed by atoms with Gasteiger partial charge in [0.1, 0.15) is 5.92 Å². The molecule has 0 radical (unpaired) electrons. The molecule has 0 aliphatic heterocycles. The zero-order valence-electron chi connectivity index (χ0n) is 14.2. The maximum absolute atomic E-state index is 12.0. The molecule has 132 valence electrons. The predicted molar refractivity (Wildman–Crippen MR) is 92.2 cm³/mol. The number of carbonyl (C=O) groups is 2. The minimum absolute atomic E-state index is 0.283. The molecule has 1 atom stereocenters. The molecule has 25 heavy (non-hydrogen) atoms. The van der Waals surface area contributed by atoms with Gasteiger partial charge in [-0.25, -0.2) is 9.78 Å². The third kappa shape index (κ3) is 4.69. The van der Waals surface area contributed by atoms with E-state index in [1.54, 1.807) is 43.5 Å². The van der Waals surface area contributed by atoms with Crippen molar-refractivity contribution in [2.24, 2.45) is 0 Å². The number of aromatic nitrogens is 1. The highest BCUT2D eigenvalue weighted by atomic mass is 16.5. The SMILES string of the molecule is C=CCC(C(=O)OCC)c1ncc(-c2ccc(NC(=O)OC)cc2)o1. The van der Waals surface area contributed by atoms with E-state index in [4.69, 9.17) is 9.15 Å². The van der Waals surface area contributed by atoms with Crippen molar-refractivity contribution in [1.29, 1.82) is 0 Å². The monoisotopic (exact) mass is 344 g/mol. The largest absolute Gasteiger partial charge is 0.465 e. The van der Waals surface area contributed by atoms with Crippen LogP contribution in [0.4, 0.5) is 10.5 Å². The number of ether oxygens (including phenoxy) is 2. The number of methoxy groups -OCH3 is 1. The topological polar surface area (TPSA) is 90.7 Å². The van der Waals surface area contributed by atoms with E-state index in [-0.39, 0.29) is 12.5 Å². The van der Waals surface area contributed by atoms with Crippen LogP contribution in [0.3, 0.4) is 0 Å². The van der Waals surface area contributed by atoms with Crippen LogP contribution in [-0.2, 0) is 14.3 Å². The number of carbonyl (C=O) groups excluding carboxylic acids is 2. The van der Waals surface area contributed by atoms with Crippen LogP contribution in [0.2, 0.25) is 0 Å².